The number of pyridine rings is 2. The van der Waals surface area contributed by atoms with Crippen molar-refractivity contribution >= 4 is 16.9 Å². The zero-order valence-electron chi connectivity index (χ0n) is 11.1. The van der Waals surface area contributed by atoms with Crippen LogP contribution in [0.1, 0.15) is 16.1 Å². The van der Waals surface area contributed by atoms with Gasteiger partial charge < -0.3 is 9.72 Å². The molecule has 0 aliphatic carbocycles. The van der Waals surface area contributed by atoms with Gasteiger partial charge in [-0.1, -0.05) is 24.3 Å². The van der Waals surface area contributed by atoms with Gasteiger partial charge >= 0.3 is 5.97 Å². The molecule has 0 saturated carbocycles. The molecule has 1 N–H and O–H groups in total. The van der Waals surface area contributed by atoms with Gasteiger partial charge in [-0.15, -0.1) is 0 Å². The highest BCUT2D eigenvalue weighted by atomic mass is 16.5. The summed E-state index contributed by atoms with van der Waals surface area (Å²) in [5.74, 6) is -0.539. The highest BCUT2D eigenvalue weighted by Gasteiger charge is 2.13. The van der Waals surface area contributed by atoms with E-state index in [9.17, 15) is 9.59 Å². The highest BCUT2D eigenvalue weighted by molar-refractivity contribution is 6.03. The summed E-state index contributed by atoms with van der Waals surface area (Å²) in [7, 11) is 0. The van der Waals surface area contributed by atoms with E-state index >= 15 is 0 Å². The van der Waals surface area contributed by atoms with Gasteiger partial charge in [0.2, 0.25) is 5.56 Å². The maximum absolute atomic E-state index is 12.2. The monoisotopic (exact) mass is 280 g/mol. The maximum Gasteiger partial charge on any atom is 0.339 e. The molecule has 2 aromatic heterocycles. The van der Waals surface area contributed by atoms with Gasteiger partial charge in [0.15, 0.2) is 0 Å². The average Bonchev–Trinajstić information content (AvgIpc) is 2.52. The Morgan fingerprint density at radius 2 is 1.95 bits per heavy atom. The van der Waals surface area contributed by atoms with E-state index in [1.807, 2.05) is 6.07 Å². The lowest BCUT2D eigenvalue weighted by molar-refractivity contribution is 0.0470. The summed E-state index contributed by atoms with van der Waals surface area (Å²) in [6.45, 7) is 0.0702. The smallest absolute Gasteiger partial charge is 0.339 e. The van der Waals surface area contributed by atoms with Gasteiger partial charge in [-0.05, 0) is 18.2 Å². The lowest BCUT2D eigenvalue weighted by Crippen LogP contribution is -2.13. The van der Waals surface area contributed by atoms with E-state index in [2.05, 4.69) is 9.97 Å². The van der Waals surface area contributed by atoms with Crippen molar-refractivity contribution in [3.05, 3.63) is 76.3 Å². The van der Waals surface area contributed by atoms with Crippen LogP contribution in [-0.2, 0) is 11.3 Å². The second-order valence-electron chi connectivity index (χ2n) is 4.49. The molecule has 0 radical (unpaired) electrons. The normalized spacial score (nSPS) is 10.5. The number of benzene rings is 1. The second kappa shape index (κ2) is 5.58. The number of hydrogen-bond donors (Lipinski definition) is 1. The Labute approximate surface area is 120 Å². The van der Waals surface area contributed by atoms with Crippen molar-refractivity contribution < 1.29 is 9.53 Å². The Kier molecular flexibility index (Phi) is 3.47. The van der Waals surface area contributed by atoms with Crippen LogP contribution in [0.4, 0.5) is 0 Å². The van der Waals surface area contributed by atoms with Crippen LogP contribution in [0.15, 0.2) is 59.5 Å². The van der Waals surface area contributed by atoms with Gasteiger partial charge in [0, 0.05) is 23.2 Å². The first-order valence-corrected chi connectivity index (χ1v) is 6.43. The van der Waals surface area contributed by atoms with E-state index in [4.69, 9.17) is 4.74 Å². The van der Waals surface area contributed by atoms with Crippen LogP contribution in [0.5, 0.6) is 0 Å². The molecule has 5 heteroatoms. The van der Waals surface area contributed by atoms with Gasteiger partial charge in [0.1, 0.15) is 6.61 Å². The average molecular weight is 280 g/mol. The van der Waals surface area contributed by atoms with Gasteiger partial charge in [-0.3, -0.25) is 9.78 Å². The largest absolute Gasteiger partial charge is 0.456 e. The Balaban J connectivity index is 1.89. The number of aromatic amines is 1. The predicted molar refractivity (Wildman–Crippen MR) is 77.9 cm³/mol. The molecule has 1 aromatic carbocycles. The van der Waals surface area contributed by atoms with Crippen LogP contribution in [0.2, 0.25) is 0 Å². The fourth-order valence-electron chi connectivity index (χ4n) is 2.07. The minimum atomic E-state index is -0.539. The lowest BCUT2D eigenvalue weighted by atomic mass is 10.1. The minimum absolute atomic E-state index is 0.0702. The highest BCUT2D eigenvalue weighted by Crippen LogP contribution is 2.15. The van der Waals surface area contributed by atoms with Crippen molar-refractivity contribution in [1.29, 1.82) is 0 Å². The van der Waals surface area contributed by atoms with E-state index in [0.717, 1.165) is 0 Å². The molecule has 3 rings (SSSR count). The third-order valence-electron chi connectivity index (χ3n) is 3.05. The molecule has 0 bridgehead atoms. The summed E-state index contributed by atoms with van der Waals surface area (Å²) in [5, 5.41) is 0.656. The number of aromatic nitrogens is 2. The summed E-state index contributed by atoms with van der Waals surface area (Å²) in [6.07, 6.45) is 1.63. The lowest BCUT2D eigenvalue weighted by Gasteiger charge is -2.07. The zero-order valence-corrected chi connectivity index (χ0v) is 11.1. The fraction of sp³-hybridized carbons (Fsp3) is 0.0625. The molecule has 3 aromatic rings. The van der Waals surface area contributed by atoms with Gasteiger partial charge in [0.25, 0.3) is 0 Å². The standard InChI is InChI=1S/C16H12N2O3/c19-15-9-13(12-6-1-2-7-14(12)18-15)16(20)21-10-11-5-3-4-8-17-11/h1-9H,10H2,(H,18,19). The number of carbonyl (C=O) groups is 1. The third kappa shape index (κ3) is 2.81. The maximum atomic E-state index is 12.2. The number of hydrogen-bond acceptors (Lipinski definition) is 4. The van der Waals surface area contributed by atoms with E-state index in [0.29, 0.717) is 16.6 Å². The first-order valence-electron chi connectivity index (χ1n) is 6.43. The minimum Gasteiger partial charge on any atom is -0.456 e. The summed E-state index contributed by atoms with van der Waals surface area (Å²) in [5.41, 5.74) is 1.18. The molecule has 104 valence electrons. The van der Waals surface area contributed by atoms with Gasteiger partial charge in [-0.2, -0.15) is 0 Å². The SMILES string of the molecule is O=C(OCc1ccccn1)c1cc(=O)[nH]c2ccccc12. The molecule has 0 unspecified atom stereocenters. The molecule has 21 heavy (non-hydrogen) atoms. The molecule has 0 saturated heterocycles. The summed E-state index contributed by atoms with van der Waals surface area (Å²) in [6, 6.07) is 13.7. The topological polar surface area (TPSA) is 72.0 Å². The Hall–Kier alpha value is -2.95. The van der Waals surface area contributed by atoms with E-state index in [-0.39, 0.29) is 17.7 Å². The first-order chi connectivity index (χ1) is 10.2. The number of H-pyrrole nitrogens is 1. The number of ether oxygens (including phenoxy) is 1. The van der Waals surface area contributed by atoms with Crippen molar-refractivity contribution in [3.8, 4) is 0 Å². The third-order valence-corrected chi connectivity index (χ3v) is 3.05. The van der Waals surface area contributed by atoms with Crippen LogP contribution in [0, 0.1) is 0 Å². The van der Waals surface area contributed by atoms with Crippen LogP contribution in [0.3, 0.4) is 0 Å². The zero-order chi connectivity index (χ0) is 14.7. The number of fused-ring (bicyclic) bond motifs is 1. The number of para-hydroxylation sites is 1. The van der Waals surface area contributed by atoms with Gasteiger partial charge in [0.05, 0.1) is 11.3 Å². The number of esters is 1. The molecule has 0 aliphatic rings. The molecule has 0 aliphatic heterocycles. The van der Waals surface area contributed by atoms with Crippen molar-refractivity contribution in [2.45, 2.75) is 6.61 Å². The summed E-state index contributed by atoms with van der Waals surface area (Å²) < 4.78 is 5.22. The Bertz CT molecular complexity index is 841. The Morgan fingerprint density at radius 3 is 2.76 bits per heavy atom. The van der Waals surface area contributed by atoms with Gasteiger partial charge in [-0.25, -0.2) is 4.79 Å². The van der Waals surface area contributed by atoms with Crippen LogP contribution in [-0.4, -0.2) is 15.9 Å². The number of carbonyl (C=O) groups excluding carboxylic acids is 1. The predicted octanol–water partition coefficient (Wildman–Crippen LogP) is 2.28. The molecule has 0 amide bonds. The molecular weight excluding hydrogens is 268 g/mol. The van der Waals surface area contributed by atoms with Crippen LogP contribution < -0.4 is 5.56 Å². The van der Waals surface area contributed by atoms with E-state index in [1.165, 1.54) is 6.07 Å². The van der Waals surface area contributed by atoms with Crippen molar-refractivity contribution in [2.24, 2.45) is 0 Å². The van der Waals surface area contributed by atoms with Crippen molar-refractivity contribution in [1.82, 2.24) is 9.97 Å². The first kappa shape index (κ1) is 13.1. The Morgan fingerprint density at radius 1 is 1.14 bits per heavy atom. The second-order valence-corrected chi connectivity index (χ2v) is 4.49. The van der Waals surface area contributed by atoms with Crippen LogP contribution in [0.25, 0.3) is 10.9 Å². The van der Waals surface area contributed by atoms with Crippen molar-refractivity contribution in [3.63, 3.8) is 0 Å². The molecule has 0 atom stereocenters. The van der Waals surface area contributed by atoms with E-state index in [1.54, 1.807) is 42.6 Å². The number of nitrogens with zero attached hydrogens (tertiary/aromatic N) is 1. The molecule has 5 nitrogen and oxygen atoms in total. The number of nitrogens with one attached hydrogen (secondary N) is 1. The summed E-state index contributed by atoms with van der Waals surface area (Å²) in [4.78, 5) is 30.6. The fourth-order valence-corrected chi connectivity index (χ4v) is 2.07. The van der Waals surface area contributed by atoms with E-state index < -0.39 is 5.97 Å². The molecule has 0 spiro atoms. The van der Waals surface area contributed by atoms with Crippen molar-refractivity contribution in [2.75, 3.05) is 0 Å². The number of rotatable bonds is 3. The molecule has 2 heterocycles. The summed E-state index contributed by atoms with van der Waals surface area (Å²) >= 11 is 0. The quantitative estimate of drug-likeness (QED) is 0.747. The van der Waals surface area contributed by atoms with Crippen LogP contribution >= 0.6 is 0 Å². The molecule has 0 fully saturated rings. The molecular formula is C16H12N2O3.